The van der Waals surface area contributed by atoms with Crippen LogP contribution in [0, 0.1) is 11.3 Å². The zero-order valence-electron chi connectivity index (χ0n) is 15.9. The fourth-order valence-corrected chi connectivity index (χ4v) is 3.23. The molecule has 12 heteroatoms. The van der Waals surface area contributed by atoms with Crippen LogP contribution in [0.3, 0.4) is 0 Å². The summed E-state index contributed by atoms with van der Waals surface area (Å²) in [5, 5.41) is 32.8. The number of carbonyl (C=O) groups excluding carboxylic acids is 1. The Hall–Kier alpha value is -3.43. The number of aliphatic hydroxyl groups is 1. The molecule has 2 aromatic heterocycles. The van der Waals surface area contributed by atoms with E-state index in [1.807, 2.05) is 0 Å². The molecule has 0 aromatic carbocycles. The first-order valence-electron chi connectivity index (χ1n) is 9.23. The summed E-state index contributed by atoms with van der Waals surface area (Å²) < 4.78 is 17.0. The summed E-state index contributed by atoms with van der Waals surface area (Å²) in [6.07, 6.45) is -1.06. The van der Waals surface area contributed by atoms with Gasteiger partial charge in [-0.25, -0.2) is 14.3 Å². The van der Waals surface area contributed by atoms with Gasteiger partial charge in [0.1, 0.15) is 30.6 Å². The standard InChI is InChI=1S/C18H21N5O7/c19-9-18(14-5-4-11-16(20)21-10-22-23(11)14)7-12(24)13(30-18)8-29-17(27)28-6-2-1-3-15(25)26/h4-5,10,12-13,24H,1-3,6-8H2,(H,25,26)(H2,20,21,22)/t12-,13+,18-/m0/s1. The third-order valence-corrected chi connectivity index (χ3v) is 4.72. The van der Waals surface area contributed by atoms with Crippen LogP contribution in [-0.4, -0.2) is 62.4 Å². The number of hydrogen-bond acceptors (Lipinski definition) is 10. The van der Waals surface area contributed by atoms with Gasteiger partial charge in [0.05, 0.1) is 18.4 Å². The zero-order chi connectivity index (χ0) is 21.7. The van der Waals surface area contributed by atoms with Gasteiger partial charge in [0.25, 0.3) is 0 Å². The van der Waals surface area contributed by atoms with Gasteiger partial charge in [0, 0.05) is 12.8 Å². The SMILES string of the molecule is N#C[C@]1(c2ccc3c(N)ncnn23)C[C@H](O)[C@@H](COC(=O)OCCCCC(=O)O)O1. The van der Waals surface area contributed by atoms with E-state index in [4.69, 9.17) is 25.1 Å². The van der Waals surface area contributed by atoms with Crippen molar-refractivity contribution >= 4 is 23.5 Å². The van der Waals surface area contributed by atoms with Gasteiger partial charge >= 0.3 is 12.1 Å². The molecule has 0 radical (unpaired) electrons. The van der Waals surface area contributed by atoms with Crippen molar-refractivity contribution in [3.05, 3.63) is 24.2 Å². The van der Waals surface area contributed by atoms with E-state index in [0.717, 1.165) is 0 Å². The van der Waals surface area contributed by atoms with Crippen molar-refractivity contribution in [3.8, 4) is 6.07 Å². The number of nitriles is 1. The predicted molar refractivity (Wildman–Crippen MR) is 99.0 cm³/mol. The van der Waals surface area contributed by atoms with Crippen molar-refractivity contribution in [2.45, 2.75) is 43.5 Å². The highest BCUT2D eigenvalue weighted by atomic mass is 16.7. The minimum absolute atomic E-state index is 0.0122. The second-order valence-electron chi connectivity index (χ2n) is 6.79. The Labute approximate surface area is 170 Å². The Balaban J connectivity index is 1.59. The molecule has 12 nitrogen and oxygen atoms in total. The van der Waals surface area contributed by atoms with Crippen LogP contribution in [0.2, 0.25) is 0 Å². The molecule has 0 bridgehead atoms. The van der Waals surface area contributed by atoms with Gasteiger partial charge in [-0.2, -0.15) is 10.4 Å². The van der Waals surface area contributed by atoms with Crippen LogP contribution in [0.25, 0.3) is 5.52 Å². The van der Waals surface area contributed by atoms with E-state index in [1.165, 1.54) is 10.8 Å². The summed E-state index contributed by atoms with van der Waals surface area (Å²) in [6, 6.07) is 5.33. The Bertz CT molecular complexity index is 971. The van der Waals surface area contributed by atoms with Crippen LogP contribution in [0.5, 0.6) is 0 Å². The molecule has 1 aliphatic heterocycles. The topological polar surface area (TPSA) is 182 Å². The lowest BCUT2D eigenvalue weighted by Gasteiger charge is -2.21. The maximum absolute atomic E-state index is 11.7. The molecule has 30 heavy (non-hydrogen) atoms. The largest absolute Gasteiger partial charge is 0.508 e. The molecule has 3 rings (SSSR count). The third kappa shape index (κ3) is 4.42. The number of carboxylic acid groups (broad SMARTS) is 1. The molecular formula is C18H21N5O7. The summed E-state index contributed by atoms with van der Waals surface area (Å²) in [6.45, 7) is -0.307. The number of unbranched alkanes of at least 4 members (excludes halogenated alkanes) is 1. The number of rotatable bonds is 8. The second kappa shape index (κ2) is 8.93. The lowest BCUT2D eigenvalue weighted by molar-refractivity contribution is -0.137. The number of ether oxygens (including phenoxy) is 3. The van der Waals surface area contributed by atoms with Gasteiger partial charge in [-0.3, -0.25) is 4.79 Å². The lowest BCUT2D eigenvalue weighted by atomic mass is 9.96. The summed E-state index contributed by atoms with van der Waals surface area (Å²) in [5.74, 6) is -0.690. The monoisotopic (exact) mass is 419 g/mol. The molecule has 4 N–H and O–H groups in total. The average molecular weight is 419 g/mol. The van der Waals surface area contributed by atoms with Crippen molar-refractivity contribution in [1.82, 2.24) is 14.6 Å². The number of hydrogen-bond donors (Lipinski definition) is 3. The van der Waals surface area contributed by atoms with E-state index in [2.05, 4.69) is 16.2 Å². The van der Waals surface area contributed by atoms with Crippen LogP contribution in [-0.2, 0) is 24.6 Å². The van der Waals surface area contributed by atoms with Gasteiger partial charge in [0.2, 0.25) is 0 Å². The van der Waals surface area contributed by atoms with E-state index >= 15 is 0 Å². The Morgan fingerprint density at radius 1 is 1.40 bits per heavy atom. The number of carboxylic acids is 1. The molecule has 3 heterocycles. The minimum Gasteiger partial charge on any atom is -0.481 e. The lowest BCUT2D eigenvalue weighted by Crippen LogP contribution is -2.30. The summed E-state index contributed by atoms with van der Waals surface area (Å²) >= 11 is 0. The molecular weight excluding hydrogens is 398 g/mol. The quantitative estimate of drug-likeness (QED) is 0.402. The minimum atomic E-state index is -1.51. The molecule has 3 atom stereocenters. The normalized spacial score (nSPS) is 23.2. The maximum Gasteiger partial charge on any atom is 0.508 e. The summed E-state index contributed by atoms with van der Waals surface area (Å²) in [4.78, 5) is 26.0. The Morgan fingerprint density at radius 3 is 2.93 bits per heavy atom. The highest BCUT2D eigenvalue weighted by molar-refractivity contribution is 5.66. The zero-order valence-corrected chi connectivity index (χ0v) is 15.9. The second-order valence-corrected chi connectivity index (χ2v) is 6.79. The Kier molecular flexibility index (Phi) is 6.34. The number of nitrogens with two attached hydrogens (primary N) is 1. The van der Waals surface area contributed by atoms with E-state index in [9.17, 15) is 20.0 Å². The highest BCUT2D eigenvalue weighted by Gasteiger charge is 2.50. The van der Waals surface area contributed by atoms with Crippen LogP contribution < -0.4 is 5.73 Å². The van der Waals surface area contributed by atoms with Gasteiger partial charge in [-0.15, -0.1) is 0 Å². The maximum atomic E-state index is 11.7. The van der Waals surface area contributed by atoms with Crippen molar-refractivity contribution in [2.24, 2.45) is 0 Å². The molecule has 0 aliphatic carbocycles. The van der Waals surface area contributed by atoms with Crippen LogP contribution >= 0.6 is 0 Å². The smallest absolute Gasteiger partial charge is 0.481 e. The van der Waals surface area contributed by atoms with Crippen molar-refractivity contribution < 1.29 is 34.0 Å². The van der Waals surface area contributed by atoms with Gasteiger partial charge in [-0.05, 0) is 25.0 Å². The molecule has 2 aromatic rings. The van der Waals surface area contributed by atoms with Crippen LogP contribution in [0.4, 0.5) is 10.6 Å². The molecule has 0 amide bonds. The van der Waals surface area contributed by atoms with Crippen LogP contribution in [0.1, 0.15) is 31.4 Å². The fraction of sp³-hybridized carbons (Fsp3) is 0.500. The first kappa shape index (κ1) is 21.3. The van der Waals surface area contributed by atoms with E-state index in [1.54, 1.807) is 12.1 Å². The number of carbonyl (C=O) groups is 2. The fourth-order valence-electron chi connectivity index (χ4n) is 3.23. The van der Waals surface area contributed by atoms with E-state index < -0.39 is 29.9 Å². The number of anilines is 1. The summed E-state index contributed by atoms with van der Waals surface area (Å²) in [7, 11) is 0. The third-order valence-electron chi connectivity index (χ3n) is 4.72. The van der Waals surface area contributed by atoms with Gasteiger partial charge in [-0.1, -0.05) is 0 Å². The van der Waals surface area contributed by atoms with Gasteiger partial charge < -0.3 is 30.2 Å². The molecule has 0 spiro atoms. The number of aliphatic carboxylic acids is 1. The van der Waals surface area contributed by atoms with Crippen molar-refractivity contribution in [1.29, 1.82) is 5.26 Å². The molecule has 0 saturated carbocycles. The molecule has 1 saturated heterocycles. The van der Waals surface area contributed by atoms with E-state index in [-0.39, 0.29) is 31.9 Å². The van der Waals surface area contributed by atoms with Crippen molar-refractivity contribution in [2.75, 3.05) is 18.9 Å². The number of nitrogen functional groups attached to an aromatic ring is 1. The molecule has 1 aliphatic rings. The Morgan fingerprint density at radius 2 is 2.20 bits per heavy atom. The average Bonchev–Trinajstić information content (AvgIpc) is 3.28. The van der Waals surface area contributed by atoms with Crippen LogP contribution in [0.15, 0.2) is 18.5 Å². The summed E-state index contributed by atoms with van der Waals surface area (Å²) in [5.41, 5.74) is 5.17. The number of aromatic nitrogens is 3. The highest BCUT2D eigenvalue weighted by Crippen LogP contribution is 2.40. The van der Waals surface area contributed by atoms with Gasteiger partial charge in [0.15, 0.2) is 11.4 Å². The first-order valence-corrected chi connectivity index (χ1v) is 9.23. The number of nitrogens with zero attached hydrogens (tertiary/aromatic N) is 4. The number of aliphatic hydroxyl groups excluding tert-OH is 1. The van der Waals surface area contributed by atoms with Crippen molar-refractivity contribution in [3.63, 3.8) is 0 Å². The molecule has 0 unspecified atom stereocenters. The first-order chi connectivity index (χ1) is 14.4. The number of fused-ring (bicyclic) bond motifs is 1. The molecule has 1 fully saturated rings. The van der Waals surface area contributed by atoms with E-state index in [0.29, 0.717) is 24.1 Å². The molecule has 160 valence electrons. The predicted octanol–water partition coefficient (Wildman–Crippen LogP) is 0.588.